The van der Waals surface area contributed by atoms with Gasteiger partial charge in [0.2, 0.25) is 5.91 Å². The molecule has 3 heterocycles. The van der Waals surface area contributed by atoms with Crippen molar-refractivity contribution < 1.29 is 4.79 Å². The number of aryl methyl sites for hydroxylation is 1. The van der Waals surface area contributed by atoms with Gasteiger partial charge in [0.15, 0.2) is 0 Å². The van der Waals surface area contributed by atoms with Gasteiger partial charge in [0.05, 0.1) is 11.1 Å². The molecular formula is C20H21N5O2. The van der Waals surface area contributed by atoms with Crippen molar-refractivity contribution in [3.8, 4) is 0 Å². The van der Waals surface area contributed by atoms with Gasteiger partial charge >= 0.3 is 0 Å². The smallest absolute Gasteiger partial charge is 0.275 e. The lowest BCUT2D eigenvalue weighted by molar-refractivity contribution is -0.133. The SMILES string of the molecule is Cc1nn(CC(=O)N2CCC[C@H](c3ccncn3)C2)c(=O)c2ccccc12. The number of carbonyl (C=O) groups is 1. The molecule has 0 unspecified atom stereocenters. The summed E-state index contributed by atoms with van der Waals surface area (Å²) in [5.74, 6) is 0.117. The molecule has 1 aliphatic heterocycles. The van der Waals surface area contributed by atoms with Crippen LogP contribution in [0, 0.1) is 6.92 Å². The van der Waals surface area contributed by atoms with Crippen molar-refractivity contribution in [2.24, 2.45) is 0 Å². The van der Waals surface area contributed by atoms with E-state index in [1.54, 1.807) is 12.3 Å². The Morgan fingerprint density at radius 2 is 2.04 bits per heavy atom. The molecule has 0 spiro atoms. The Bertz CT molecular complexity index is 1030. The van der Waals surface area contributed by atoms with Gasteiger partial charge in [0.1, 0.15) is 12.9 Å². The molecule has 1 atom stereocenters. The Morgan fingerprint density at radius 3 is 2.81 bits per heavy atom. The summed E-state index contributed by atoms with van der Waals surface area (Å²) in [6, 6.07) is 9.26. The third kappa shape index (κ3) is 3.45. The molecule has 1 aliphatic rings. The lowest BCUT2D eigenvalue weighted by Crippen LogP contribution is -2.42. The fourth-order valence-corrected chi connectivity index (χ4v) is 3.73. The van der Waals surface area contributed by atoms with E-state index in [1.165, 1.54) is 11.0 Å². The summed E-state index contributed by atoms with van der Waals surface area (Å²) in [5, 5.41) is 5.77. The number of benzene rings is 1. The normalized spacial score (nSPS) is 17.2. The minimum Gasteiger partial charge on any atom is -0.340 e. The minimum atomic E-state index is -0.228. The molecule has 1 fully saturated rings. The second kappa shape index (κ2) is 7.26. The lowest BCUT2D eigenvalue weighted by atomic mass is 9.94. The average Bonchev–Trinajstić information content (AvgIpc) is 2.72. The third-order valence-electron chi connectivity index (χ3n) is 5.13. The zero-order valence-corrected chi connectivity index (χ0v) is 15.2. The third-order valence-corrected chi connectivity index (χ3v) is 5.13. The molecule has 1 aromatic carbocycles. The van der Waals surface area contributed by atoms with Crippen LogP contribution in [0.25, 0.3) is 10.8 Å². The van der Waals surface area contributed by atoms with Gasteiger partial charge in [-0.3, -0.25) is 9.59 Å². The predicted octanol–water partition coefficient (Wildman–Crippen LogP) is 1.90. The number of hydrogen-bond donors (Lipinski definition) is 0. The van der Waals surface area contributed by atoms with Crippen molar-refractivity contribution in [2.45, 2.75) is 32.2 Å². The van der Waals surface area contributed by atoms with Crippen LogP contribution in [0.2, 0.25) is 0 Å². The molecule has 0 aliphatic carbocycles. The summed E-state index contributed by atoms with van der Waals surface area (Å²) in [4.78, 5) is 35.6. The van der Waals surface area contributed by atoms with E-state index in [4.69, 9.17) is 0 Å². The molecule has 7 nitrogen and oxygen atoms in total. The van der Waals surface area contributed by atoms with Crippen LogP contribution < -0.4 is 5.56 Å². The van der Waals surface area contributed by atoms with E-state index < -0.39 is 0 Å². The quantitative estimate of drug-likeness (QED) is 0.710. The molecule has 0 bridgehead atoms. The first-order valence-electron chi connectivity index (χ1n) is 9.13. The Kier molecular flexibility index (Phi) is 4.66. The number of carbonyl (C=O) groups excluding carboxylic acids is 1. The van der Waals surface area contributed by atoms with E-state index >= 15 is 0 Å². The Labute approximate surface area is 156 Å². The van der Waals surface area contributed by atoms with Crippen LogP contribution in [0.4, 0.5) is 0 Å². The molecule has 0 radical (unpaired) electrons. The van der Waals surface area contributed by atoms with Gasteiger partial charge in [-0.15, -0.1) is 0 Å². The van der Waals surface area contributed by atoms with E-state index in [-0.39, 0.29) is 23.9 Å². The standard InChI is InChI=1S/C20H21N5O2/c1-14-16-6-2-3-7-17(16)20(27)25(23-14)12-19(26)24-10-4-5-15(11-24)18-8-9-21-13-22-18/h2-3,6-9,13,15H,4-5,10-12H2,1H3/t15-/m0/s1. The second-order valence-corrected chi connectivity index (χ2v) is 6.91. The predicted molar refractivity (Wildman–Crippen MR) is 101 cm³/mol. The van der Waals surface area contributed by atoms with Crippen molar-refractivity contribution >= 4 is 16.7 Å². The van der Waals surface area contributed by atoms with Gasteiger partial charge < -0.3 is 4.90 Å². The molecule has 138 valence electrons. The van der Waals surface area contributed by atoms with E-state index in [0.29, 0.717) is 18.5 Å². The van der Waals surface area contributed by atoms with Crippen LogP contribution in [0.5, 0.6) is 0 Å². The molecule has 27 heavy (non-hydrogen) atoms. The molecule has 7 heteroatoms. The van der Waals surface area contributed by atoms with Gasteiger partial charge in [-0.1, -0.05) is 18.2 Å². The van der Waals surface area contributed by atoms with Crippen molar-refractivity contribution in [1.29, 1.82) is 0 Å². The van der Waals surface area contributed by atoms with Crippen LogP contribution in [-0.4, -0.2) is 43.6 Å². The Balaban J connectivity index is 1.55. The summed E-state index contributed by atoms with van der Waals surface area (Å²) in [6.07, 6.45) is 5.18. The topological polar surface area (TPSA) is 81.0 Å². The van der Waals surface area contributed by atoms with Crippen LogP contribution in [0.3, 0.4) is 0 Å². The largest absolute Gasteiger partial charge is 0.340 e. The van der Waals surface area contributed by atoms with Gasteiger partial charge in [0.25, 0.3) is 5.56 Å². The molecule has 4 rings (SSSR count). The van der Waals surface area contributed by atoms with Crippen molar-refractivity contribution in [3.05, 3.63) is 64.6 Å². The maximum Gasteiger partial charge on any atom is 0.275 e. The highest BCUT2D eigenvalue weighted by molar-refractivity contribution is 5.83. The molecular weight excluding hydrogens is 342 g/mol. The van der Waals surface area contributed by atoms with E-state index in [2.05, 4.69) is 15.1 Å². The highest BCUT2D eigenvalue weighted by Gasteiger charge is 2.26. The Morgan fingerprint density at radius 1 is 1.22 bits per heavy atom. The van der Waals surface area contributed by atoms with E-state index in [9.17, 15) is 9.59 Å². The van der Waals surface area contributed by atoms with E-state index in [0.717, 1.165) is 29.6 Å². The van der Waals surface area contributed by atoms with Crippen LogP contribution in [-0.2, 0) is 11.3 Å². The van der Waals surface area contributed by atoms with Gasteiger partial charge in [-0.25, -0.2) is 14.6 Å². The second-order valence-electron chi connectivity index (χ2n) is 6.91. The molecule has 0 saturated carbocycles. The average molecular weight is 363 g/mol. The van der Waals surface area contributed by atoms with Gasteiger partial charge in [0, 0.05) is 36.3 Å². The number of hydrogen-bond acceptors (Lipinski definition) is 5. The number of nitrogens with zero attached hydrogens (tertiary/aromatic N) is 5. The van der Waals surface area contributed by atoms with E-state index in [1.807, 2.05) is 36.1 Å². The minimum absolute atomic E-state index is 0.0407. The zero-order chi connectivity index (χ0) is 18.8. The highest BCUT2D eigenvalue weighted by atomic mass is 16.2. The first-order chi connectivity index (χ1) is 13.1. The first-order valence-corrected chi connectivity index (χ1v) is 9.13. The first kappa shape index (κ1) is 17.3. The van der Waals surface area contributed by atoms with Crippen LogP contribution in [0.1, 0.15) is 30.1 Å². The van der Waals surface area contributed by atoms with Crippen molar-refractivity contribution in [1.82, 2.24) is 24.6 Å². The fourth-order valence-electron chi connectivity index (χ4n) is 3.73. The number of aromatic nitrogens is 4. The number of rotatable bonds is 3. The number of likely N-dealkylation sites (tertiary alicyclic amines) is 1. The summed E-state index contributed by atoms with van der Waals surface area (Å²) in [5.41, 5.74) is 1.48. The summed E-state index contributed by atoms with van der Waals surface area (Å²) >= 11 is 0. The lowest BCUT2D eigenvalue weighted by Gasteiger charge is -2.32. The van der Waals surface area contributed by atoms with Crippen LogP contribution >= 0.6 is 0 Å². The maximum atomic E-state index is 12.8. The highest BCUT2D eigenvalue weighted by Crippen LogP contribution is 2.25. The zero-order valence-electron chi connectivity index (χ0n) is 15.2. The maximum absolute atomic E-state index is 12.8. The van der Waals surface area contributed by atoms with Gasteiger partial charge in [-0.05, 0) is 31.9 Å². The molecule has 3 aromatic rings. The number of amides is 1. The number of fused-ring (bicyclic) bond motifs is 1. The van der Waals surface area contributed by atoms with Crippen LogP contribution in [0.15, 0.2) is 47.7 Å². The summed E-state index contributed by atoms with van der Waals surface area (Å²) in [7, 11) is 0. The molecule has 1 saturated heterocycles. The molecule has 0 N–H and O–H groups in total. The number of piperidine rings is 1. The monoisotopic (exact) mass is 363 g/mol. The molecule has 2 aromatic heterocycles. The summed E-state index contributed by atoms with van der Waals surface area (Å²) in [6.45, 7) is 3.12. The Hall–Kier alpha value is -3.09. The van der Waals surface area contributed by atoms with Gasteiger partial charge in [-0.2, -0.15) is 5.10 Å². The summed E-state index contributed by atoms with van der Waals surface area (Å²) < 4.78 is 1.29. The van der Waals surface area contributed by atoms with Crippen molar-refractivity contribution in [2.75, 3.05) is 13.1 Å². The fraction of sp³-hybridized carbons (Fsp3) is 0.350. The van der Waals surface area contributed by atoms with Crippen molar-refractivity contribution in [3.63, 3.8) is 0 Å². The molecule has 1 amide bonds.